The highest BCUT2D eigenvalue weighted by molar-refractivity contribution is 7.93. The maximum atomic E-state index is 14.0. The Bertz CT molecular complexity index is 1370. The van der Waals surface area contributed by atoms with E-state index in [1.165, 1.54) is 29.6 Å². The fourth-order valence-electron chi connectivity index (χ4n) is 4.12. The normalized spacial score (nSPS) is 15.0. The standard InChI is InChI=1S/C24H24F3N3O4S2/c1-15-7-8-19(34-2)21(13-15)36(32,33)30(16-9-11-28-12-10-16)23-29-14-20(35-23)22(31)17-5-3-4-6-18(17)24(25,26)27/h3-8,13-14,16,28H,9-12H2,1-2H3. The Morgan fingerprint density at radius 3 is 2.53 bits per heavy atom. The molecule has 1 aliphatic heterocycles. The van der Waals surface area contributed by atoms with Gasteiger partial charge < -0.3 is 10.1 Å². The van der Waals surface area contributed by atoms with Gasteiger partial charge >= 0.3 is 6.18 Å². The Morgan fingerprint density at radius 1 is 1.17 bits per heavy atom. The summed E-state index contributed by atoms with van der Waals surface area (Å²) in [6, 6.07) is 8.82. The minimum absolute atomic E-state index is 0.0123. The lowest BCUT2D eigenvalue weighted by Gasteiger charge is -2.33. The highest BCUT2D eigenvalue weighted by Crippen LogP contribution is 2.38. The van der Waals surface area contributed by atoms with Crippen LogP contribution in [-0.2, 0) is 16.2 Å². The fraction of sp³-hybridized carbons (Fsp3) is 0.333. The summed E-state index contributed by atoms with van der Waals surface area (Å²) in [5, 5.41) is 3.20. The number of hydrogen-bond acceptors (Lipinski definition) is 7. The number of ether oxygens (including phenoxy) is 1. The third-order valence-electron chi connectivity index (χ3n) is 5.88. The van der Waals surface area contributed by atoms with Crippen LogP contribution in [0, 0.1) is 6.92 Å². The molecule has 192 valence electrons. The monoisotopic (exact) mass is 539 g/mol. The summed E-state index contributed by atoms with van der Waals surface area (Å²) in [5.74, 6) is -0.714. The maximum Gasteiger partial charge on any atom is 0.417 e. The molecule has 1 N–H and O–H groups in total. The van der Waals surface area contributed by atoms with Crippen molar-refractivity contribution in [2.24, 2.45) is 0 Å². The van der Waals surface area contributed by atoms with Crippen LogP contribution in [0.4, 0.5) is 18.3 Å². The summed E-state index contributed by atoms with van der Waals surface area (Å²) in [6.07, 6.45) is -2.60. The topological polar surface area (TPSA) is 88.6 Å². The molecule has 4 rings (SSSR count). The zero-order valence-corrected chi connectivity index (χ0v) is 21.1. The molecule has 0 radical (unpaired) electrons. The first kappa shape index (κ1) is 26.1. The molecule has 0 amide bonds. The van der Waals surface area contributed by atoms with Gasteiger partial charge in [0, 0.05) is 5.56 Å². The largest absolute Gasteiger partial charge is 0.495 e. The summed E-state index contributed by atoms with van der Waals surface area (Å²) >= 11 is 0.754. The second kappa shape index (κ2) is 10.2. The van der Waals surface area contributed by atoms with E-state index in [4.69, 9.17) is 4.74 Å². The molecule has 0 atom stereocenters. The van der Waals surface area contributed by atoms with E-state index < -0.39 is 39.2 Å². The Balaban J connectivity index is 1.79. The van der Waals surface area contributed by atoms with Crippen molar-refractivity contribution in [1.29, 1.82) is 0 Å². The minimum atomic E-state index is -4.72. The number of thiazole rings is 1. The second-order valence-electron chi connectivity index (χ2n) is 8.32. The molecule has 0 unspecified atom stereocenters. The number of ketones is 1. The van der Waals surface area contributed by atoms with E-state index in [1.54, 1.807) is 19.1 Å². The fourth-order valence-corrected chi connectivity index (χ4v) is 7.18. The molecule has 1 aliphatic rings. The smallest absolute Gasteiger partial charge is 0.417 e. The number of benzene rings is 2. The van der Waals surface area contributed by atoms with E-state index in [9.17, 15) is 26.4 Å². The number of sulfonamides is 1. The van der Waals surface area contributed by atoms with E-state index in [2.05, 4.69) is 10.3 Å². The first-order chi connectivity index (χ1) is 17.0. The van der Waals surface area contributed by atoms with Crippen LogP contribution < -0.4 is 14.4 Å². The third-order valence-corrected chi connectivity index (χ3v) is 8.85. The van der Waals surface area contributed by atoms with E-state index in [-0.39, 0.29) is 20.7 Å². The lowest BCUT2D eigenvalue weighted by molar-refractivity contribution is -0.137. The van der Waals surface area contributed by atoms with Gasteiger partial charge in [0.1, 0.15) is 10.6 Å². The highest BCUT2D eigenvalue weighted by atomic mass is 32.2. The molecule has 0 aliphatic carbocycles. The number of anilines is 1. The quantitative estimate of drug-likeness (QED) is 0.440. The van der Waals surface area contributed by atoms with Gasteiger partial charge in [-0.2, -0.15) is 13.2 Å². The Labute approximate surface area is 211 Å². The van der Waals surface area contributed by atoms with Gasteiger partial charge in [-0.3, -0.25) is 4.79 Å². The van der Waals surface area contributed by atoms with Crippen LogP contribution in [0.25, 0.3) is 0 Å². The molecular formula is C24H24F3N3O4S2. The van der Waals surface area contributed by atoms with Gasteiger partial charge in [0.25, 0.3) is 10.0 Å². The summed E-state index contributed by atoms with van der Waals surface area (Å²) in [7, 11) is -2.82. The summed E-state index contributed by atoms with van der Waals surface area (Å²) in [4.78, 5) is 17.1. The third kappa shape index (κ3) is 5.11. The molecule has 36 heavy (non-hydrogen) atoms. The predicted molar refractivity (Wildman–Crippen MR) is 130 cm³/mol. The molecule has 1 fully saturated rings. The zero-order chi connectivity index (χ0) is 26.1. The summed E-state index contributed by atoms with van der Waals surface area (Å²) in [6.45, 7) is 2.92. The molecule has 1 aromatic heterocycles. The number of hydrogen-bond donors (Lipinski definition) is 1. The van der Waals surface area contributed by atoms with E-state index in [0.29, 0.717) is 31.5 Å². The second-order valence-corrected chi connectivity index (χ2v) is 11.1. The van der Waals surface area contributed by atoms with Crippen molar-refractivity contribution in [2.75, 3.05) is 24.5 Å². The summed E-state index contributed by atoms with van der Waals surface area (Å²) in [5.41, 5.74) is -0.868. The van der Waals surface area contributed by atoms with Gasteiger partial charge in [-0.05, 0) is 56.6 Å². The number of nitrogens with one attached hydrogen (secondary N) is 1. The average Bonchev–Trinajstić information content (AvgIpc) is 3.33. The van der Waals surface area contributed by atoms with Crippen molar-refractivity contribution in [3.63, 3.8) is 0 Å². The molecule has 2 heterocycles. The number of carbonyl (C=O) groups excluding carboxylic acids is 1. The number of piperidine rings is 1. The first-order valence-corrected chi connectivity index (χ1v) is 13.4. The number of rotatable bonds is 7. The van der Waals surface area contributed by atoms with Crippen LogP contribution in [0.2, 0.25) is 0 Å². The molecule has 0 saturated carbocycles. The van der Waals surface area contributed by atoms with Crippen molar-refractivity contribution >= 4 is 32.3 Å². The van der Waals surface area contributed by atoms with Crippen LogP contribution in [-0.4, -0.2) is 45.4 Å². The predicted octanol–water partition coefficient (Wildman–Crippen LogP) is 4.66. The van der Waals surface area contributed by atoms with Gasteiger partial charge in [-0.1, -0.05) is 35.6 Å². The van der Waals surface area contributed by atoms with Crippen molar-refractivity contribution in [3.8, 4) is 5.75 Å². The summed E-state index contributed by atoms with van der Waals surface area (Å²) < 4.78 is 74.8. The number of alkyl halides is 3. The Hall–Kier alpha value is -2.96. The zero-order valence-electron chi connectivity index (χ0n) is 19.5. The molecule has 7 nitrogen and oxygen atoms in total. The molecule has 1 saturated heterocycles. The number of nitrogens with zero attached hydrogens (tertiary/aromatic N) is 2. The first-order valence-electron chi connectivity index (χ1n) is 11.1. The number of aromatic nitrogens is 1. The van der Waals surface area contributed by atoms with Crippen molar-refractivity contribution < 1.29 is 31.1 Å². The lowest BCUT2D eigenvalue weighted by Crippen LogP contribution is -2.46. The van der Waals surface area contributed by atoms with Gasteiger partial charge in [0.05, 0.1) is 29.8 Å². The van der Waals surface area contributed by atoms with Gasteiger partial charge in [-0.15, -0.1) is 0 Å². The van der Waals surface area contributed by atoms with E-state index in [0.717, 1.165) is 29.7 Å². The number of aryl methyl sites for hydroxylation is 1. The Kier molecular flexibility index (Phi) is 7.39. The van der Waals surface area contributed by atoms with Gasteiger partial charge in [-0.25, -0.2) is 17.7 Å². The molecule has 0 spiro atoms. The molecule has 2 aromatic carbocycles. The van der Waals surface area contributed by atoms with Crippen LogP contribution in [0.15, 0.2) is 53.6 Å². The number of carbonyl (C=O) groups is 1. The molecular weight excluding hydrogens is 515 g/mol. The minimum Gasteiger partial charge on any atom is -0.495 e. The molecule has 0 bridgehead atoms. The van der Waals surface area contributed by atoms with Crippen molar-refractivity contribution in [3.05, 3.63) is 70.2 Å². The highest BCUT2D eigenvalue weighted by Gasteiger charge is 2.38. The van der Waals surface area contributed by atoms with Crippen LogP contribution >= 0.6 is 11.3 Å². The lowest BCUT2D eigenvalue weighted by atomic mass is 10.0. The van der Waals surface area contributed by atoms with Crippen LogP contribution in [0.1, 0.15) is 39.2 Å². The maximum absolute atomic E-state index is 14.0. The van der Waals surface area contributed by atoms with E-state index >= 15 is 0 Å². The molecule has 12 heteroatoms. The number of methoxy groups -OCH3 is 1. The molecule has 3 aromatic rings. The van der Waals surface area contributed by atoms with Gasteiger partial charge in [0.2, 0.25) is 5.78 Å². The van der Waals surface area contributed by atoms with Gasteiger partial charge in [0.15, 0.2) is 5.13 Å². The number of halogens is 3. The Morgan fingerprint density at radius 2 is 1.86 bits per heavy atom. The van der Waals surface area contributed by atoms with E-state index in [1.807, 2.05) is 0 Å². The SMILES string of the molecule is COc1ccc(C)cc1S(=O)(=O)N(c1ncc(C(=O)c2ccccc2C(F)(F)F)s1)C1CCNCC1. The average molecular weight is 540 g/mol. The van der Waals surface area contributed by atoms with Crippen molar-refractivity contribution in [1.82, 2.24) is 10.3 Å². The van der Waals surface area contributed by atoms with Crippen molar-refractivity contribution in [2.45, 2.75) is 36.9 Å². The van der Waals surface area contributed by atoms with Crippen LogP contribution in [0.3, 0.4) is 0 Å². The van der Waals surface area contributed by atoms with Crippen LogP contribution in [0.5, 0.6) is 5.75 Å².